The van der Waals surface area contributed by atoms with E-state index < -0.39 is 0 Å². The zero-order valence-electron chi connectivity index (χ0n) is 10.3. The lowest BCUT2D eigenvalue weighted by Crippen LogP contribution is -2.30. The maximum absolute atomic E-state index is 11.6. The van der Waals surface area contributed by atoms with Gasteiger partial charge in [0.25, 0.3) is 0 Å². The van der Waals surface area contributed by atoms with E-state index in [0.717, 1.165) is 17.7 Å². The van der Waals surface area contributed by atoms with Crippen LogP contribution >= 0.6 is 11.6 Å². The Hall–Kier alpha value is -2.07. The molecule has 2 aromatic rings. The van der Waals surface area contributed by atoms with Crippen LogP contribution in [-0.2, 0) is 6.42 Å². The van der Waals surface area contributed by atoms with Gasteiger partial charge in [0.2, 0.25) is 0 Å². The number of rotatable bonds is 4. The first-order chi connectivity index (χ1) is 9.24. The molecule has 2 rings (SSSR count). The van der Waals surface area contributed by atoms with Crippen LogP contribution in [0.5, 0.6) is 0 Å². The van der Waals surface area contributed by atoms with Crippen LogP contribution in [0.15, 0.2) is 48.8 Å². The molecule has 1 aromatic heterocycles. The number of carbonyl (C=O) groups is 1. The molecule has 1 heterocycles. The van der Waals surface area contributed by atoms with Gasteiger partial charge in [-0.05, 0) is 36.2 Å². The minimum absolute atomic E-state index is 0.222. The van der Waals surface area contributed by atoms with Crippen LogP contribution in [0.3, 0.4) is 0 Å². The van der Waals surface area contributed by atoms with Crippen LogP contribution in [0.4, 0.5) is 10.5 Å². The summed E-state index contributed by atoms with van der Waals surface area (Å²) in [5.41, 5.74) is 1.85. The van der Waals surface area contributed by atoms with E-state index in [1.54, 1.807) is 24.5 Å². The minimum atomic E-state index is -0.222. The number of hydrogen-bond donors (Lipinski definition) is 2. The summed E-state index contributed by atoms with van der Waals surface area (Å²) in [6, 6.07) is 10.8. The van der Waals surface area contributed by atoms with Gasteiger partial charge in [-0.2, -0.15) is 0 Å². The van der Waals surface area contributed by atoms with Gasteiger partial charge < -0.3 is 10.6 Å². The molecule has 19 heavy (non-hydrogen) atoms. The fourth-order valence-corrected chi connectivity index (χ4v) is 1.71. The van der Waals surface area contributed by atoms with Crippen LogP contribution in [0, 0.1) is 0 Å². The number of halogens is 1. The number of carbonyl (C=O) groups excluding carboxylic acids is 1. The Morgan fingerprint density at radius 2 is 1.79 bits per heavy atom. The first-order valence-electron chi connectivity index (χ1n) is 5.93. The number of urea groups is 1. The average Bonchev–Trinajstić information content (AvgIpc) is 2.42. The van der Waals surface area contributed by atoms with Gasteiger partial charge in [0.05, 0.1) is 0 Å². The Bertz CT molecular complexity index is 528. The summed E-state index contributed by atoms with van der Waals surface area (Å²) < 4.78 is 0. The standard InChI is InChI=1S/C14H14ClN3O/c15-12-3-1-11(2-4-12)5-10-17-14(19)18-13-6-8-16-9-7-13/h1-4,6-9H,5,10H2,(H2,16,17,18,19). The maximum Gasteiger partial charge on any atom is 0.319 e. The monoisotopic (exact) mass is 275 g/mol. The van der Waals surface area contributed by atoms with Gasteiger partial charge in [0.1, 0.15) is 0 Å². The lowest BCUT2D eigenvalue weighted by Gasteiger charge is -2.07. The summed E-state index contributed by atoms with van der Waals surface area (Å²) in [5, 5.41) is 6.23. The Morgan fingerprint density at radius 3 is 2.47 bits per heavy atom. The Balaban J connectivity index is 1.74. The van der Waals surface area contributed by atoms with Gasteiger partial charge in [-0.3, -0.25) is 4.98 Å². The van der Waals surface area contributed by atoms with Crippen molar-refractivity contribution in [3.63, 3.8) is 0 Å². The Labute approximate surface area is 116 Å². The second kappa shape index (κ2) is 6.75. The Kier molecular flexibility index (Phi) is 4.75. The van der Waals surface area contributed by atoms with Crippen molar-refractivity contribution in [2.45, 2.75) is 6.42 Å². The first-order valence-corrected chi connectivity index (χ1v) is 6.31. The smallest absolute Gasteiger partial charge is 0.319 e. The number of anilines is 1. The molecule has 2 amide bonds. The number of nitrogens with zero attached hydrogens (tertiary/aromatic N) is 1. The van der Waals surface area contributed by atoms with E-state index in [1.807, 2.05) is 24.3 Å². The third-order valence-corrected chi connectivity index (χ3v) is 2.80. The molecule has 0 aliphatic rings. The molecule has 1 aromatic carbocycles. The van der Waals surface area contributed by atoms with Gasteiger partial charge >= 0.3 is 6.03 Å². The molecule has 0 fully saturated rings. The highest BCUT2D eigenvalue weighted by atomic mass is 35.5. The highest BCUT2D eigenvalue weighted by Gasteiger charge is 2.00. The number of nitrogens with one attached hydrogen (secondary N) is 2. The molecule has 98 valence electrons. The molecule has 0 spiro atoms. The van der Waals surface area contributed by atoms with Crippen molar-refractivity contribution in [3.8, 4) is 0 Å². The molecule has 0 saturated carbocycles. The minimum Gasteiger partial charge on any atom is -0.338 e. The van der Waals surface area contributed by atoms with Gasteiger partial charge in [0.15, 0.2) is 0 Å². The summed E-state index contributed by atoms with van der Waals surface area (Å²) in [6.45, 7) is 0.568. The van der Waals surface area contributed by atoms with Gasteiger partial charge in [-0.15, -0.1) is 0 Å². The van der Waals surface area contributed by atoms with Gasteiger partial charge in [-0.25, -0.2) is 4.79 Å². The van der Waals surface area contributed by atoms with Crippen molar-refractivity contribution in [1.82, 2.24) is 10.3 Å². The SMILES string of the molecule is O=C(NCCc1ccc(Cl)cc1)Nc1ccncc1. The fourth-order valence-electron chi connectivity index (χ4n) is 1.58. The molecule has 0 aliphatic heterocycles. The zero-order chi connectivity index (χ0) is 13.5. The normalized spacial score (nSPS) is 9.95. The Morgan fingerprint density at radius 1 is 1.11 bits per heavy atom. The predicted molar refractivity (Wildman–Crippen MR) is 76.4 cm³/mol. The number of pyridine rings is 1. The van der Waals surface area contributed by atoms with Crippen LogP contribution in [0.25, 0.3) is 0 Å². The van der Waals surface area contributed by atoms with Crippen LogP contribution < -0.4 is 10.6 Å². The largest absolute Gasteiger partial charge is 0.338 e. The molecular weight excluding hydrogens is 262 g/mol. The maximum atomic E-state index is 11.6. The van der Waals surface area contributed by atoms with Crippen LogP contribution in [0.2, 0.25) is 5.02 Å². The summed E-state index contributed by atoms with van der Waals surface area (Å²) in [7, 11) is 0. The van der Waals surface area contributed by atoms with Crippen molar-refractivity contribution >= 4 is 23.3 Å². The van der Waals surface area contributed by atoms with Crippen molar-refractivity contribution in [2.75, 3.05) is 11.9 Å². The molecule has 0 aliphatic carbocycles. The summed E-state index contributed by atoms with van der Waals surface area (Å²) >= 11 is 5.80. The highest BCUT2D eigenvalue weighted by Crippen LogP contribution is 2.09. The number of aromatic nitrogens is 1. The zero-order valence-corrected chi connectivity index (χ0v) is 11.0. The topological polar surface area (TPSA) is 54.0 Å². The molecule has 5 heteroatoms. The van der Waals surface area contributed by atoms with E-state index in [9.17, 15) is 4.79 Å². The summed E-state index contributed by atoms with van der Waals surface area (Å²) in [6.07, 6.45) is 4.02. The molecule has 2 N–H and O–H groups in total. The second-order valence-corrected chi connectivity index (χ2v) is 4.43. The highest BCUT2D eigenvalue weighted by molar-refractivity contribution is 6.30. The fraction of sp³-hybridized carbons (Fsp3) is 0.143. The van der Waals surface area contributed by atoms with E-state index in [1.165, 1.54) is 0 Å². The molecular formula is C14H14ClN3O. The van der Waals surface area contributed by atoms with Crippen molar-refractivity contribution in [2.24, 2.45) is 0 Å². The molecule has 0 radical (unpaired) electrons. The number of amides is 2. The third-order valence-electron chi connectivity index (χ3n) is 2.55. The van der Waals surface area contributed by atoms with Crippen LogP contribution in [0.1, 0.15) is 5.56 Å². The third kappa shape index (κ3) is 4.60. The van der Waals surface area contributed by atoms with Gasteiger partial charge in [0, 0.05) is 29.6 Å². The van der Waals surface area contributed by atoms with Crippen molar-refractivity contribution < 1.29 is 4.79 Å². The van der Waals surface area contributed by atoms with Crippen molar-refractivity contribution in [1.29, 1.82) is 0 Å². The first kappa shape index (κ1) is 13.4. The van der Waals surface area contributed by atoms with E-state index in [0.29, 0.717) is 11.6 Å². The average molecular weight is 276 g/mol. The van der Waals surface area contributed by atoms with E-state index in [-0.39, 0.29) is 6.03 Å². The second-order valence-electron chi connectivity index (χ2n) is 3.99. The lowest BCUT2D eigenvalue weighted by atomic mass is 10.1. The number of benzene rings is 1. The number of hydrogen-bond acceptors (Lipinski definition) is 2. The molecule has 4 nitrogen and oxygen atoms in total. The van der Waals surface area contributed by atoms with E-state index in [2.05, 4.69) is 15.6 Å². The molecule has 0 bridgehead atoms. The lowest BCUT2D eigenvalue weighted by molar-refractivity contribution is 0.252. The van der Waals surface area contributed by atoms with Crippen molar-refractivity contribution in [3.05, 3.63) is 59.4 Å². The van der Waals surface area contributed by atoms with Crippen LogP contribution in [-0.4, -0.2) is 17.6 Å². The van der Waals surface area contributed by atoms with Gasteiger partial charge in [-0.1, -0.05) is 23.7 Å². The molecule has 0 atom stereocenters. The molecule has 0 unspecified atom stereocenters. The van der Waals surface area contributed by atoms with E-state index in [4.69, 9.17) is 11.6 Å². The quantitative estimate of drug-likeness (QED) is 0.901. The summed E-state index contributed by atoms with van der Waals surface area (Å²) in [4.78, 5) is 15.5. The molecule has 0 saturated heterocycles. The van der Waals surface area contributed by atoms with E-state index >= 15 is 0 Å². The summed E-state index contributed by atoms with van der Waals surface area (Å²) in [5.74, 6) is 0. The predicted octanol–water partition coefficient (Wildman–Crippen LogP) is 3.10.